The normalized spacial score (nSPS) is 24.6. The number of halogens is 2. The highest BCUT2D eigenvalue weighted by atomic mass is 19.1. The molecule has 0 radical (unpaired) electrons. The number of rotatable bonds is 2. The molecule has 0 bridgehead atoms. The van der Waals surface area contributed by atoms with Gasteiger partial charge in [-0.15, -0.1) is 0 Å². The van der Waals surface area contributed by atoms with Crippen molar-refractivity contribution in [3.63, 3.8) is 0 Å². The molecule has 0 aromatic heterocycles. The SMILES string of the molecule is O=C([C@@H]1COC2(CCCCC2)N1C(=O)c1ccc(F)cc1F)N1CCCC1. The molecule has 2 heterocycles. The third-order valence-corrected chi connectivity index (χ3v) is 5.98. The van der Waals surface area contributed by atoms with E-state index in [1.54, 1.807) is 4.90 Å². The molecule has 1 spiro atoms. The van der Waals surface area contributed by atoms with Crippen LogP contribution < -0.4 is 0 Å². The van der Waals surface area contributed by atoms with Crippen molar-refractivity contribution in [2.75, 3.05) is 19.7 Å². The van der Waals surface area contributed by atoms with Crippen LogP contribution in [0.25, 0.3) is 0 Å². The third kappa shape index (κ3) is 3.22. The molecular formula is C20H24F2N2O3. The predicted molar refractivity (Wildman–Crippen MR) is 93.9 cm³/mol. The summed E-state index contributed by atoms with van der Waals surface area (Å²) in [6, 6.07) is 2.17. The van der Waals surface area contributed by atoms with Crippen molar-refractivity contribution in [2.45, 2.75) is 56.7 Å². The lowest BCUT2D eigenvalue weighted by Gasteiger charge is -2.42. The first kappa shape index (κ1) is 18.3. The highest BCUT2D eigenvalue weighted by Gasteiger charge is 2.54. The molecule has 3 aliphatic rings. The van der Waals surface area contributed by atoms with Crippen LogP contribution in [0.5, 0.6) is 0 Å². The highest BCUT2D eigenvalue weighted by molar-refractivity contribution is 5.98. The van der Waals surface area contributed by atoms with Crippen molar-refractivity contribution < 1.29 is 23.1 Å². The van der Waals surface area contributed by atoms with E-state index in [-0.39, 0.29) is 18.1 Å². The van der Waals surface area contributed by atoms with E-state index in [4.69, 9.17) is 4.74 Å². The maximum Gasteiger partial charge on any atom is 0.259 e. The second-order valence-electron chi connectivity index (χ2n) is 7.67. The minimum atomic E-state index is -0.912. The highest BCUT2D eigenvalue weighted by Crippen LogP contribution is 2.42. The molecule has 3 fully saturated rings. The van der Waals surface area contributed by atoms with Gasteiger partial charge in [0.2, 0.25) is 5.91 Å². The van der Waals surface area contributed by atoms with Crippen molar-refractivity contribution in [1.29, 1.82) is 0 Å². The second kappa shape index (κ2) is 7.19. The number of hydrogen-bond donors (Lipinski definition) is 0. The minimum Gasteiger partial charge on any atom is -0.353 e. The zero-order chi connectivity index (χ0) is 19.0. The number of likely N-dealkylation sites (tertiary alicyclic amines) is 1. The van der Waals surface area contributed by atoms with E-state index in [1.165, 1.54) is 4.90 Å². The van der Waals surface area contributed by atoms with Gasteiger partial charge in [0.05, 0.1) is 12.2 Å². The Balaban J connectivity index is 1.69. The molecule has 4 rings (SSSR count). The minimum absolute atomic E-state index is 0.129. The van der Waals surface area contributed by atoms with Crippen LogP contribution in [0.1, 0.15) is 55.3 Å². The van der Waals surface area contributed by atoms with Gasteiger partial charge in [0.25, 0.3) is 5.91 Å². The zero-order valence-corrected chi connectivity index (χ0v) is 15.3. The van der Waals surface area contributed by atoms with E-state index in [9.17, 15) is 18.4 Å². The molecule has 0 N–H and O–H groups in total. The van der Waals surface area contributed by atoms with Gasteiger partial charge < -0.3 is 9.64 Å². The number of carbonyl (C=O) groups excluding carboxylic acids is 2. The first-order valence-electron chi connectivity index (χ1n) is 9.73. The molecule has 7 heteroatoms. The fraction of sp³-hybridized carbons (Fsp3) is 0.600. The van der Waals surface area contributed by atoms with Crippen molar-refractivity contribution >= 4 is 11.8 Å². The number of amides is 2. The Labute approximate surface area is 157 Å². The van der Waals surface area contributed by atoms with Gasteiger partial charge in [0.15, 0.2) is 0 Å². The number of ether oxygens (including phenoxy) is 1. The number of hydrogen-bond acceptors (Lipinski definition) is 3. The van der Waals surface area contributed by atoms with Crippen molar-refractivity contribution in [3.05, 3.63) is 35.4 Å². The summed E-state index contributed by atoms with van der Waals surface area (Å²) in [6.07, 6.45) is 5.98. The summed E-state index contributed by atoms with van der Waals surface area (Å²) in [6.45, 7) is 1.48. The van der Waals surface area contributed by atoms with Gasteiger partial charge in [-0.25, -0.2) is 8.78 Å². The molecule has 1 saturated carbocycles. The lowest BCUT2D eigenvalue weighted by Crippen LogP contribution is -2.56. The Morgan fingerprint density at radius 3 is 2.41 bits per heavy atom. The summed E-state index contributed by atoms with van der Waals surface area (Å²) in [5.74, 6) is -2.38. The lowest BCUT2D eigenvalue weighted by atomic mass is 9.89. The molecule has 2 amide bonds. The van der Waals surface area contributed by atoms with Gasteiger partial charge in [-0.05, 0) is 50.7 Å². The van der Waals surface area contributed by atoms with E-state index in [0.29, 0.717) is 32.0 Å². The number of nitrogens with zero attached hydrogens (tertiary/aromatic N) is 2. The number of benzene rings is 1. The predicted octanol–water partition coefficient (Wildman–Crippen LogP) is 3.09. The summed E-state index contributed by atoms with van der Waals surface area (Å²) in [5, 5.41) is 0. The topological polar surface area (TPSA) is 49.9 Å². The lowest BCUT2D eigenvalue weighted by molar-refractivity contribution is -0.136. The Morgan fingerprint density at radius 2 is 1.74 bits per heavy atom. The summed E-state index contributed by atoms with van der Waals surface area (Å²) >= 11 is 0. The quantitative estimate of drug-likeness (QED) is 0.795. The molecule has 0 unspecified atom stereocenters. The Kier molecular flexibility index (Phi) is 4.88. The summed E-state index contributed by atoms with van der Waals surface area (Å²) < 4.78 is 33.7. The molecule has 27 heavy (non-hydrogen) atoms. The van der Waals surface area contributed by atoms with Crippen LogP contribution in [-0.2, 0) is 9.53 Å². The van der Waals surface area contributed by atoms with Gasteiger partial charge in [0.1, 0.15) is 23.4 Å². The standard InChI is InChI=1S/C20H24F2N2O3/c21-14-6-7-15(16(22)12-14)18(25)24-17(19(26)23-10-4-5-11-23)13-27-20(24)8-2-1-3-9-20/h6-7,12,17H,1-5,8-11,13H2/t17-/m0/s1. The van der Waals surface area contributed by atoms with Gasteiger partial charge >= 0.3 is 0 Å². The smallest absolute Gasteiger partial charge is 0.259 e. The number of carbonyl (C=O) groups is 2. The van der Waals surface area contributed by atoms with Crippen molar-refractivity contribution in [3.8, 4) is 0 Å². The van der Waals surface area contributed by atoms with Crippen LogP contribution in [0.4, 0.5) is 8.78 Å². The van der Waals surface area contributed by atoms with E-state index >= 15 is 0 Å². The van der Waals surface area contributed by atoms with Crippen LogP contribution in [0.2, 0.25) is 0 Å². The molecule has 2 aliphatic heterocycles. The van der Waals surface area contributed by atoms with Crippen LogP contribution in [0.15, 0.2) is 18.2 Å². The van der Waals surface area contributed by atoms with E-state index in [2.05, 4.69) is 0 Å². The molecule has 1 aliphatic carbocycles. The van der Waals surface area contributed by atoms with Gasteiger partial charge in [-0.2, -0.15) is 0 Å². The first-order valence-corrected chi connectivity index (χ1v) is 9.73. The van der Waals surface area contributed by atoms with Crippen LogP contribution in [0.3, 0.4) is 0 Å². The summed E-state index contributed by atoms with van der Waals surface area (Å²) in [5.41, 5.74) is -1.08. The summed E-state index contributed by atoms with van der Waals surface area (Å²) in [4.78, 5) is 29.6. The van der Waals surface area contributed by atoms with Crippen LogP contribution in [-0.4, -0.2) is 53.1 Å². The Bertz CT molecular complexity index is 743. The van der Waals surface area contributed by atoms with Gasteiger partial charge in [-0.1, -0.05) is 6.42 Å². The second-order valence-corrected chi connectivity index (χ2v) is 7.67. The molecule has 5 nitrogen and oxygen atoms in total. The molecular weight excluding hydrogens is 354 g/mol. The van der Waals surface area contributed by atoms with Crippen molar-refractivity contribution in [1.82, 2.24) is 9.80 Å². The molecule has 1 aromatic carbocycles. The van der Waals surface area contributed by atoms with Gasteiger partial charge in [0, 0.05) is 19.2 Å². The van der Waals surface area contributed by atoms with E-state index in [0.717, 1.165) is 44.2 Å². The zero-order valence-electron chi connectivity index (χ0n) is 15.3. The average Bonchev–Trinajstić information content (AvgIpc) is 3.30. The van der Waals surface area contributed by atoms with Crippen molar-refractivity contribution in [2.24, 2.45) is 0 Å². The molecule has 1 aromatic rings. The third-order valence-electron chi connectivity index (χ3n) is 5.98. The molecule has 2 saturated heterocycles. The Morgan fingerprint density at radius 1 is 1.04 bits per heavy atom. The molecule has 146 valence electrons. The average molecular weight is 378 g/mol. The Hall–Kier alpha value is -2.02. The molecule has 1 atom stereocenters. The maximum atomic E-state index is 14.3. The van der Waals surface area contributed by atoms with Gasteiger partial charge in [-0.3, -0.25) is 14.5 Å². The first-order chi connectivity index (χ1) is 13.0. The van der Waals surface area contributed by atoms with E-state index < -0.39 is 29.3 Å². The largest absolute Gasteiger partial charge is 0.353 e. The fourth-order valence-corrected chi connectivity index (χ4v) is 4.60. The maximum absolute atomic E-state index is 14.3. The van der Waals surface area contributed by atoms with Crippen LogP contribution in [0, 0.1) is 11.6 Å². The monoisotopic (exact) mass is 378 g/mol. The fourth-order valence-electron chi connectivity index (χ4n) is 4.60. The van der Waals surface area contributed by atoms with E-state index in [1.807, 2.05) is 0 Å². The van der Waals surface area contributed by atoms with Crippen LogP contribution >= 0.6 is 0 Å². The summed E-state index contributed by atoms with van der Waals surface area (Å²) in [7, 11) is 0.